The van der Waals surface area contributed by atoms with E-state index in [2.05, 4.69) is 0 Å². The molecule has 0 aromatic carbocycles. The molecule has 11 heavy (non-hydrogen) atoms. The van der Waals surface area contributed by atoms with Gasteiger partial charge in [-0.1, -0.05) is 58.0 Å². The van der Waals surface area contributed by atoms with E-state index >= 15 is 0 Å². The summed E-state index contributed by atoms with van der Waals surface area (Å²) in [5, 5.41) is 8.27. The number of halogens is 5. The van der Waals surface area contributed by atoms with Crippen LogP contribution in [0.4, 0.5) is 0 Å². The summed E-state index contributed by atoms with van der Waals surface area (Å²) >= 11 is 26.6. The van der Waals surface area contributed by atoms with Crippen molar-refractivity contribution >= 4 is 64.0 Å². The molecule has 0 heterocycles. The lowest BCUT2D eigenvalue weighted by Crippen LogP contribution is -2.33. The highest BCUT2D eigenvalue weighted by Crippen LogP contribution is 2.47. The molecular formula is C4H3Cl5O2. The van der Waals surface area contributed by atoms with Crippen LogP contribution in [0.3, 0.4) is 0 Å². The Labute approximate surface area is 88.3 Å². The number of carboxylic acid groups (broad SMARTS) is 1. The molecule has 0 aromatic rings. The van der Waals surface area contributed by atoms with Gasteiger partial charge >= 0.3 is 5.97 Å². The van der Waals surface area contributed by atoms with Crippen LogP contribution < -0.4 is 0 Å². The second-order valence-electron chi connectivity index (χ2n) is 1.77. The van der Waals surface area contributed by atoms with E-state index in [1.165, 1.54) is 0 Å². The molecule has 0 atom stereocenters. The maximum Gasteiger partial charge on any atom is 0.306 e. The van der Waals surface area contributed by atoms with Crippen LogP contribution in [0.5, 0.6) is 0 Å². The molecule has 7 heteroatoms. The highest BCUT2D eigenvalue weighted by molar-refractivity contribution is 6.75. The van der Waals surface area contributed by atoms with Gasteiger partial charge in [-0.05, 0) is 0 Å². The molecule has 0 bridgehead atoms. The molecule has 1 N–H and O–H groups in total. The first kappa shape index (κ1) is 11.9. The number of alkyl halides is 5. The van der Waals surface area contributed by atoms with Crippen molar-refractivity contribution < 1.29 is 9.90 Å². The van der Waals surface area contributed by atoms with Crippen molar-refractivity contribution in [2.45, 2.75) is 14.5 Å². The molecule has 0 radical (unpaired) electrons. The van der Waals surface area contributed by atoms with Gasteiger partial charge in [0.25, 0.3) is 0 Å². The molecule has 66 valence electrons. The summed E-state index contributed by atoms with van der Waals surface area (Å²) < 4.78 is -3.90. The number of hydrogen-bond donors (Lipinski definition) is 1. The molecule has 0 aliphatic rings. The number of rotatable bonds is 2. The zero-order valence-electron chi connectivity index (χ0n) is 4.95. The normalized spacial score (nSPS) is 13.2. The monoisotopic (exact) mass is 258 g/mol. The van der Waals surface area contributed by atoms with Crippen molar-refractivity contribution in [3.63, 3.8) is 0 Å². The number of carbonyl (C=O) groups is 1. The highest BCUT2D eigenvalue weighted by atomic mass is 35.6. The Hall–Kier alpha value is 0.920. The standard InChI is InChI=1S/C4H3Cl5O2/c5-3(6,1-2(10)11)4(7,8)9/h1H2,(H,10,11). The molecule has 0 rings (SSSR count). The lowest BCUT2D eigenvalue weighted by atomic mass is 10.3. The predicted molar refractivity (Wildman–Crippen MR) is 47.0 cm³/mol. The fraction of sp³-hybridized carbons (Fsp3) is 0.750. The van der Waals surface area contributed by atoms with Gasteiger partial charge in [-0.2, -0.15) is 0 Å². The van der Waals surface area contributed by atoms with E-state index in [4.69, 9.17) is 63.1 Å². The van der Waals surface area contributed by atoms with Gasteiger partial charge in [0, 0.05) is 0 Å². The third kappa shape index (κ3) is 3.90. The Bertz CT molecular complexity index is 160. The van der Waals surface area contributed by atoms with Gasteiger partial charge in [-0.3, -0.25) is 4.79 Å². The molecule has 0 unspecified atom stereocenters. The first-order valence-corrected chi connectivity index (χ1v) is 4.22. The van der Waals surface area contributed by atoms with Crippen molar-refractivity contribution in [2.75, 3.05) is 0 Å². The van der Waals surface area contributed by atoms with Gasteiger partial charge in [0.1, 0.15) is 0 Å². The van der Waals surface area contributed by atoms with E-state index in [0.29, 0.717) is 0 Å². The fourth-order valence-electron chi connectivity index (χ4n) is 0.290. The lowest BCUT2D eigenvalue weighted by molar-refractivity contribution is -0.137. The predicted octanol–water partition coefficient (Wildman–Crippen LogP) is 3.01. The topological polar surface area (TPSA) is 37.3 Å². The lowest BCUT2D eigenvalue weighted by Gasteiger charge is -2.25. The molecule has 0 aromatic heterocycles. The van der Waals surface area contributed by atoms with E-state index in [0.717, 1.165) is 0 Å². The summed E-state index contributed by atoms with van der Waals surface area (Å²) in [5.74, 6) is -1.23. The van der Waals surface area contributed by atoms with E-state index in [-0.39, 0.29) is 0 Å². The van der Waals surface area contributed by atoms with Crippen LogP contribution in [0.1, 0.15) is 6.42 Å². The Morgan fingerprint density at radius 2 is 1.55 bits per heavy atom. The third-order valence-corrected chi connectivity index (χ3v) is 3.17. The Kier molecular flexibility index (Phi) is 4.07. The van der Waals surface area contributed by atoms with Gasteiger partial charge in [0.15, 0.2) is 4.33 Å². The third-order valence-electron chi connectivity index (χ3n) is 0.788. The Morgan fingerprint density at radius 1 is 1.18 bits per heavy atom. The van der Waals surface area contributed by atoms with Crippen LogP contribution in [0, 0.1) is 0 Å². The second kappa shape index (κ2) is 3.75. The molecule has 0 fully saturated rings. The number of aliphatic carboxylic acids is 1. The first-order valence-electron chi connectivity index (χ1n) is 2.33. The maximum absolute atomic E-state index is 10.1. The number of carboxylic acids is 1. The molecule has 0 saturated carbocycles. The van der Waals surface area contributed by atoms with Crippen LogP contribution >= 0.6 is 58.0 Å². The van der Waals surface area contributed by atoms with Crippen molar-refractivity contribution in [3.8, 4) is 0 Å². The van der Waals surface area contributed by atoms with Crippen LogP contribution in [-0.2, 0) is 4.79 Å². The van der Waals surface area contributed by atoms with Gasteiger partial charge in [-0.25, -0.2) is 0 Å². The largest absolute Gasteiger partial charge is 0.481 e. The quantitative estimate of drug-likeness (QED) is 0.775. The second-order valence-corrected chi connectivity index (χ2v) is 5.54. The minimum Gasteiger partial charge on any atom is -0.481 e. The van der Waals surface area contributed by atoms with E-state index in [9.17, 15) is 4.79 Å². The highest BCUT2D eigenvalue weighted by Gasteiger charge is 2.47. The average Bonchev–Trinajstić information content (AvgIpc) is 1.56. The minimum absolute atomic E-state index is 0.632. The smallest absolute Gasteiger partial charge is 0.306 e. The van der Waals surface area contributed by atoms with Gasteiger partial charge in [0.2, 0.25) is 3.79 Å². The molecule has 0 saturated heterocycles. The molecule has 0 aliphatic heterocycles. The Morgan fingerprint density at radius 3 is 1.64 bits per heavy atom. The van der Waals surface area contributed by atoms with Crippen LogP contribution in [0.2, 0.25) is 0 Å². The van der Waals surface area contributed by atoms with Gasteiger partial charge < -0.3 is 5.11 Å². The van der Waals surface area contributed by atoms with Crippen LogP contribution in [-0.4, -0.2) is 19.2 Å². The van der Waals surface area contributed by atoms with Crippen molar-refractivity contribution in [3.05, 3.63) is 0 Å². The molecular weight excluding hydrogens is 257 g/mol. The summed E-state index contributed by atoms with van der Waals surface area (Å²) in [4.78, 5) is 10.1. The van der Waals surface area contributed by atoms with Crippen molar-refractivity contribution in [1.29, 1.82) is 0 Å². The van der Waals surface area contributed by atoms with Crippen LogP contribution in [0.25, 0.3) is 0 Å². The SMILES string of the molecule is O=C(O)CC(Cl)(Cl)C(Cl)(Cl)Cl. The maximum atomic E-state index is 10.1. The number of hydrogen-bond acceptors (Lipinski definition) is 1. The van der Waals surface area contributed by atoms with E-state index in [1.54, 1.807) is 0 Å². The van der Waals surface area contributed by atoms with Crippen molar-refractivity contribution in [1.82, 2.24) is 0 Å². The van der Waals surface area contributed by atoms with Gasteiger partial charge in [0.05, 0.1) is 6.42 Å². The first-order chi connectivity index (χ1) is 4.67. The zero-order valence-corrected chi connectivity index (χ0v) is 8.73. The zero-order chi connectivity index (χ0) is 9.28. The minimum atomic E-state index is -2.01. The fourth-order valence-corrected chi connectivity index (χ4v) is 0.719. The molecule has 2 nitrogen and oxygen atoms in total. The summed E-state index contributed by atoms with van der Waals surface area (Å²) in [6.07, 6.45) is -0.632. The van der Waals surface area contributed by atoms with E-state index in [1.807, 2.05) is 0 Å². The van der Waals surface area contributed by atoms with Crippen molar-refractivity contribution in [2.24, 2.45) is 0 Å². The molecule has 0 aliphatic carbocycles. The van der Waals surface area contributed by atoms with Crippen LogP contribution in [0.15, 0.2) is 0 Å². The summed E-state index contributed by atoms with van der Waals surface area (Å²) in [6, 6.07) is 0. The van der Waals surface area contributed by atoms with E-state index < -0.39 is 20.5 Å². The Balaban J connectivity index is 4.34. The summed E-state index contributed by atoms with van der Waals surface area (Å²) in [6.45, 7) is 0. The van der Waals surface area contributed by atoms with Gasteiger partial charge in [-0.15, -0.1) is 0 Å². The molecule has 0 spiro atoms. The summed E-state index contributed by atoms with van der Waals surface area (Å²) in [5.41, 5.74) is 0. The summed E-state index contributed by atoms with van der Waals surface area (Å²) in [7, 11) is 0. The average molecular weight is 260 g/mol. The molecule has 0 amide bonds.